The largest absolute Gasteiger partial charge is 0.506 e. The van der Waals surface area contributed by atoms with E-state index in [1.165, 1.54) is 0 Å². The first kappa shape index (κ1) is 13.8. The van der Waals surface area contributed by atoms with Gasteiger partial charge in [0.25, 0.3) is 0 Å². The third kappa shape index (κ3) is 3.68. The van der Waals surface area contributed by atoms with Crippen LogP contribution in [0.1, 0.15) is 11.1 Å². The van der Waals surface area contributed by atoms with E-state index in [0.29, 0.717) is 23.4 Å². The zero-order valence-corrected chi connectivity index (χ0v) is 12.1. The first-order chi connectivity index (χ1) is 9.20. The predicted molar refractivity (Wildman–Crippen MR) is 77.1 cm³/mol. The molecule has 1 aromatic carbocycles. The summed E-state index contributed by atoms with van der Waals surface area (Å²) >= 11 is 3.30. The number of pyridine rings is 1. The fraction of sp³-hybridized carbons (Fsp3) is 0.214. The maximum Gasteiger partial charge on any atom is 0.212 e. The third-order valence-electron chi connectivity index (χ3n) is 2.72. The molecule has 0 unspecified atom stereocenters. The van der Waals surface area contributed by atoms with E-state index in [9.17, 15) is 5.11 Å². The fourth-order valence-electron chi connectivity index (χ4n) is 1.68. The number of aromatic hydroxyl groups is 1. The van der Waals surface area contributed by atoms with Gasteiger partial charge in [0, 0.05) is 30.9 Å². The Labute approximate surface area is 120 Å². The highest BCUT2D eigenvalue weighted by molar-refractivity contribution is 9.10. The monoisotopic (exact) mass is 322 g/mol. The van der Waals surface area contributed by atoms with E-state index in [1.807, 2.05) is 30.3 Å². The lowest BCUT2D eigenvalue weighted by Gasteiger charge is -2.08. The molecule has 0 radical (unpaired) electrons. The lowest BCUT2D eigenvalue weighted by molar-refractivity contribution is 0.397. The summed E-state index contributed by atoms with van der Waals surface area (Å²) in [7, 11) is 1.59. The molecule has 1 aromatic heterocycles. The van der Waals surface area contributed by atoms with Crippen molar-refractivity contribution in [2.24, 2.45) is 0 Å². The molecule has 0 fully saturated rings. The average molecular weight is 323 g/mol. The van der Waals surface area contributed by atoms with Crippen LogP contribution in [0, 0.1) is 0 Å². The number of nitrogens with one attached hydrogen (secondary N) is 1. The van der Waals surface area contributed by atoms with Crippen molar-refractivity contribution in [1.82, 2.24) is 10.3 Å². The Morgan fingerprint density at radius 1 is 1.26 bits per heavy atom. The normalized spacial score (nSPS) is 10.4. The smallest absolute Gasteiger partial charge is 0.212 e. The number of phenolic OH excluding ortho intramolecular Hbond substituents is 1. The van der Waals surface area contributed by atoms with Gasteiger partial charge in [-0.25, -0.2) is 4.98 Å². The number of halogens is 1. The molecule has 5 heteroatoms. The Balaban J connectivity index is 1.90. The quantitative estimate of drug-likeness (QED) is 0.888. The molecule has 0 spiro atoms. The molecule has 0 bridgehead atoms. The molecule has 100 valence electrons. The van der Waals surface area contributed by atoms with E-state index < -0.39 is 0 Å². The van der Waals surface area contributed by atoms with Crippen molar-refractivity contribution in [2.75, 3.05) is 7.11 Å². The van der Waals surface area contributed by atoms with Crippen molar-refractivity contribution in [2.45, 2.75) is 13.1 Å². The number of para-hydroxylation sites is 1. The van der Waals surface area contributed by atoms with Gasteiger partial charge in [0.1, 0.15) is 5.75 Å². The van der Waals surface area contributed by atoms with Gasteiger partial charge >= 0.3 is 0 Å². The SMILES string of the molecule is COc1ccc(CNCc2cccc(Br)c2O)cn1. The van der Waals surface area contributed by atoms with E-state index in [1.54, 1.807) is 13.3 Å². The minimum absolute atomic E-state index is 0.280. The number of hydrogen-bond donors (Lipinski definition) is 2. The van der Waals surface area contributed by atoms with Gasteiger partial charge in [0.15, 0.2) is 0 Å². The number of hydrogen-bond acceptors (Lipinski definition) is 4. The molecule has 2 aromatic rings. The molecular weight excluding hydrogens is 308 g/mol. The number of ether oxygens (including phenoxy) is 1. The number of aromatic nitrogens is 1. The Morgan fingerprint density at radius 3 is 2.79 bits per heavy atom. The molecular formula is C14H15BrN2O2. The van der Waals surface area contributed by atoms with Gasteiger partial charge in [-0.3, -0.25) is 0 Å². The van der Waals surface area contributed by atoms with E-state index in [2.05, 4.69) is 26.2 Å². The van der Waals surface area contributed by atoms with Crippen molar-refractivity contribution >= 4 is 15.9 Å². The summed E-state index contributed by atoms with van der Waals surface area (Å²) in [6.45, 7) is 1.28. The summed E-state index contributed by atoms with van der Waals surface area (Å²) in [4.78, 5) is 4.14. The van der Waals surface area contributed by atoms with Gasteiger partial charge in [-0.15, -0.1) is 0 Å². The molecule has 1 heterocycles. The second-order valence-corrected chi connectivity index (χ2v) is 4.91. The molecule has 0 atom stereocenters. The summed E-state index contributed by atoms with van der Waals surface area (Å²) in [6, 6.07) is 9.38. The molecule has 4 nitrogen and oxygen atoms in total. The van der Waals surface area contributed by atoms with Crippen LogP contribution < -0.4 is 10.1 Å². The third-order valence-corrected chi connectivity index (χ3v) is 3.36. The molecule has 2 N–H and O–H groups in total. The van der Waals surface area contributed by atoms with Crippen LogP contribution in [0.15, 0.2) is 41.0 Å². The van der Waals surface area contributed by atoms with Gasteiger partial charge in [-0.2, -0.15) is 0 Å². The average Bonchev–Trinajstić information content (AvgIpc) is 2.44. The van der Waals surface area contributed by atoms with E-state index >= 15 is 0 Å². The van der Waals surface area contributed by atoms with Crippen LogP contribution in [0.4, 0.5) is 0 Å². The summed E-state index contributed by atoms with van der Waals surface area (Å²) in [5, 5.41) is 13.1. The fourth-order valence-corrected chi connectivity index (χ4v) is 2.09. The van der Waals surface area contributed by atoms with E-state index in [4.69, 9.17) is 4.74 Å². The first-order valence-corrected chi connectivity index (χ1v) is 6.66. The summed E-state index contributed by atoms with van der Waals surface area (Å²) < 4.78 is 5.71. The molecule has 19 heavy (non-hydrogen) atoms. The van der Waals surface area contributed by atoms with Crippen molar-refractivity contribution < 1.29 is 9.84 Å². The molecule has 0 saturated heterocycles. The molecule has 2 rings (SSSR count). The standard InChI is InChI=1S/C14H15BrN2O2/c1-19-13-6-5-10(8-17-13)7-16-9-11-3-2-4-12(15)14(11)18/h2-6,8,16,18H,7,9H2,1H3. The van der Waals surface area contributed by atoms with Crippen molar-refractivity contribution in [3.63, 3.8) is 0 Å². The first-order valence-electron chi connectivity index (χ1n) is 5.86. The van der Waals surface area contributed by atoms with E-state index in [-0.39, 0.29) is 5.75 Å². The zero-order valence-electron chi connectivity index (χ0n) is 10.6. The van der Waals surface area contributed by atoms with Gasteiger partial charge in [0.05, 0.1) is 11.6 Å². The minimum Gasteiger partial charge on any atom is -0.506 e. The summed E-state index contributed by atoms with van der Waals surface area (Å²) in [5.41, 5.74) is 1.92. The second kappa shape index (κ2) is 6.54. The van der Waals surface area contributed by atoms with Crippen molar-refractivity contribution in [1.29, 1.82) is 0 Å². The van der Waals surface area contributed by atoms with Crippen LogP contribution in [0.3, 0.4) is 0 Å². The Kier molecular flexibility index (Phi) is 4.76. The highest BCUT2D eigenvalue weighted by Gasteiger charge is 2.04. The van der Waals surface area contributed by atoms with Crippen LogP contribution in [0.25, 0.3) is 0 Å². The Morgan fingerprint density at radius 2 is 2.11 bits per heavy atom. The van der Waals surface area contributed by atoms with Gasteiger partial charge in [-0.05, 0) is 27.6 Å². The second-order valence-electron chi connectivity index (χ2n) is 4.06. The Hall–Kier alpha value is -1.59. The molecule has 0 amide bonds. The van der Waals surface area contributed by atoms with Crippen LogP contribution >= 0.6 is 15.9 Å². The maximum atomic E-state index is 9.85. The van der Waals surface area contributed by atoms with Gasteiger partial charge in [-0.1, -0.05) is 18.2 Å². The van der Waals surface area contributed by atoms with Gasteiger partial charge in [0.2, 0.25) is 5.88 Å². The predicted octanol–water partition coefficient (Wildman–Crippen LogP) is 2.85. The molecule has 0 aliphatic rings. The number of methoxy groups -OCH3 is 1. The molecule has 0 aliphatic carbocycles. The lowest BCUT2D eigenvalue weighted by Crippen LogP contribution is -2.13. The topological polar surface area (TPSA) is 54.4 Å². The Bertz CT molecular complexity index is 544. The number of phenols is 1. The van der Waals surface area contributed by atoms with Crippen LogP contribution in [-0.2, 0) is 13.1 Å². The number of rotatable bonds is 5. The van der Waals surface area contributed by atoms with Crippen molar-refractivity contribution in [3.05, 3.63) is 52.1 Å². The lowest BCUT2D eigenvalue weighted by atomic mass is 10.2. The highest BCUT2D eigenvalue weighted by Crippen LogP contribution is 2.27. The highest BCUT2D eigenvalue weighted by atomic mass is 79.9. The number of nitrogens with zero attached hydrogens (tertiary/aromatic N) is 1. The van der Waals surface area contributed by atoms with Gasteiger partial charge < -0.3 is 15.2 Å². The summed E-state index contributed by atoms with van der Waals surface area (Å²) in [5.74, 6) is 0.885. The number of benzene rings is 1. The molecule has 0 saturated carbocycles. The van der Waals surface area contributed by atoms with Crippen LogP contribution in [-0.4, -0.2) is 17.2 Å². The maximum absolute atomic E-state index is 9.85. The van der Waals surface area contributed by atoms with E-state index in [0.717, 1.165) is 11.1 Å². The minimum atomic E-state index is 0.280. The zero-order chi connectivity index (χ0) is 13.7. The molecule has 0 aliphatic heterocycles. The van der Waals surface area contributed by atoms with Crippen LogP contribution in [0.5, 0.6) is 11.6 Å². The summed E-state index contributed by atoms with van der Waals surface area (Å²) in [6.07, 6.45) is 1.77. The van der Waals surface area contributed by atoms with Crippen LogP contribution in [0.2, 0.25) is 0 Å². The van der Waals surface area contributed by atoms with Crippen molar-refractivity contribution in [3.8, 4) is 11.6 Å².